The Kier molecular flexibility index (Phi) is 3.44. The standard InChI is InChI=1S/C14H17N3O3S/c1-21(19,20)14-15-11-6-2-3-7-12(11)17(14)10-13(18)16-8-4-5-9-16/h2-3,6-7H,4-5,8-10H2,1H3. The zero-order chi connectivity index (χ0) is 15.0. The first-order valence-corrected chi connectivity index (χ1v) is 8.79. The number of aromatic nitrogens is 2. The highest BCUT2D eigenvalue weighted by Gasteiger charge is 2.24. The van der Waals surface area contributed by atoms with E-state index in [2.05, 4.69) is 4.98 Å². The maximum absolute atomic E-state index is 12.3. The third kappa shape index (κ3) is 2.65. The average molecular weight is 307 g/mol. The third-order valence-corrected chi connectivity index (χ3v) is 4.68. The Hall–Kier alpha value is -1.89. The number of benzene rings is 1. The number of para-hydroxylation sites is 2. The summed E-state index contributed by atoms with van der Waals surface area (Å²) in [5.41, 5.74) is 1.26. The molecule has 0 unspecified atom stereocenters. The molecule has 21 heavy (non-hydrogen) atoms. The van der Waals surface area contributed by atoms with Crippen LogP contribution >= 0.6 is 0 Å². The lowest BCUT2D eigenvalue weighted by molar-refractivity contribution is -0.130. The van der Waals surface area contributed by atoms with E-state index in [0.29, 0.717) is 11.0 Å². The summed E-state index contributed by atoms with van der Waals surface area (Å²) < 4.78 is 25.3. The van der Waals surface area contributed by atoms with Crippen molar-refractivity contribution in [1.29, 1.82) is 0 Å². The number of hydrogen-bond acceptors (Lipinski definition) is 4. The van der Waals surface area contributed by atoms with Gasteiger partial charge in [0.1, 0.15) is 6.54 Å². The fourth-order valence-corrected chi connectivity index (χ4v) is 3.52. The van der Waals surface area contributed by atoms with Crippen molar-refractivity contribution in [3.05, 3.63) is 24.3 Å². The van der Waals surface area contributed by atoms with Gasteiger partial charge in [-0.15, -0.1) is 0 Å². The summed E-state index contributed by atoms with van der Waals surface area (Å²) in [6, 6.07) is 7.15. The normalized spacial score (nSPS) is 15.8. The summed E-state index contributed by atoms with van der Waals surface area (Å²) in [5.74, 6) is -0.0550. The maximum atomic E-state index is 12.3. The van der Waals surface area contributed by atoms with Crippen LogP contribution in [0.5, 0.6) is 0 Å². The van der Waals surface area contributed by atoms with Crippen molar-refractivity contribution in [2.45, 2.75) is 24.5 Å². The van der Waals surface area contributed by atoms with Crippen LogP contribution in [0.25, 0.3) is 11.0 Å². The topological polar surface area (TPSA) is 72.3 Å². The second-order valence-corrected chi connectivity index (χ2v) is 7.24. The van der Waals surface area contributed by atoms with Gasteiger partial charge in [-0.25, -0.2) is 13.4 Å². The van der Waals surface area contributed by atoms with E-state index in [9.17, 15) is 13.2 Å². The van der Waals surface area contributed by atoms with Crippen LogP contribution in [-0.2, 0) is 21.2 Å². The molecule has 0 N–H and O–H groups in total. The highest BCUT2D eigenvalue weighted by molar-refractivity contribution is 7.90. The number of carbonyl (C=O) groups excluding carboxylic acids is 1. The first-order valence-electron chi connectivity index (χ1n) is 6.90. The molecule has 1 aromatic carbocycles. The van der Waals surface area contributed by atoms with Crippen LogP contribution in [0.15, 0.2) is 29.4 Å². The van der Waals surface area contributed by atoms with Gasteiger partial charge in [-0.3, -0.25) is 4.79 Å². The number of fused-ring (bicyclic) bond motifs is 1. The zero-order valence-electron chi connectivity index (χ0n) is 11.8. The molecule has 7 heteroatoms. The Balaban J connectivity index is 2.05. The molecule has 1 amide bonds. The average Bonchev–Trinajstić information content (AvgIpc) is 3.06. The van der Waals surface area contributed by atoms with Gasteiger partial charge in [-0.1, -0.05) is 12.1 Å². The molecule has 0 bridgehead atoms. The number of sulfone groups is 1. The fourth-order valence-electron chi connectivity index (χ4n) is 2.69. The molecule has 1 saturated heterocycles. The summed E-state index contributed by atoms with van der Waals surface area (Å²) in [6.07, 6.45) is 3.13. The van der Waals surface area contributed by atoms with Crippen LogP contribution < -0.4 is 0 Å². The van der Waals surface area contributed by atoms with E-state index in [1.54, 1.807) is 23.1 Å². The van der Waals surface area contributed by atoms with Gasteiger partial charge in [0.15, 0.2) is 0 Å². The maximum Gasteiger partial charge on any atom is 0.242 e. The van der Waals surface area contributed by atoms with Gasteiger partial charge in [-0.05, 0) is 25.0 Å². The predicted molar refractivity (Wildman–Crippen MR) is 78.7 cm³/mol. The van der Waals surface area contributed by atoms with Crippen molar-refractivity contribution in [3.63, 3.8) is 0 Å². The molecule has 6 nitrogen and oxygen atoms in total. The lowest BCUT2D eigenvalue weighted by atomic mass is 10.3. The Morgan fingerprint density at radius 1 is 1.24 bits per heavy atom. The first-order chi connectivity index (χ1) is 9.97. The van der Waals surface area contributed by atoms with E-state index >= 15 is 0 Å². The monoisotopic (exact) mass is 307 g/mol. The predicted octanol–water partition coefficient (Wildman–Crippen LogP) is 1.06. The highest BCUT2D eigenvalue weighted by Crippen LogP contribution is 2.20. The van der Waals surface area contributed by atoms with Gasteiger partial charge in [0.25, 0.3) is 0 Å². The Bertz CT molecular complexity index is 789. The Morgan fingerprint density at radius 3 is 2.57 bits per heavy atom. The van der Waals surface area contributed by atoms with Crippen LogP contribution in [0.2, 0.25) is 0 Å². The summed E-state index contributed by atoms with van der Waals surface area (Å²) in [5, 5.41) is -0.0451. The quantitative estimate of drug-likeness (QED) is 0.850. The molecule has 1 fully saturated rings. The van der Waals surface area contributed by atoms with Gasteiger partial charge in [0.05, 0.1) is 11.0 Å². The summed E-state index contributed by atoms with van der Waals surface area (Å²) >= 11 is 0. The molecule has 0 atom stereocenters. The minimum atomic E-state index is -3.48. The minimum absolute atomic E-state index is 0.0168. The number of nitrogens with zero attached hydrogens (tertiary/aromatic N) is 3. The molecule has 2 heterocycles. The SMILES string of the molecule is CS(=O)(=O)c1nc2ccccc2n1CC(=O)N1CCCC1. The fraction of sp³-hybridized carbons (Fsp3) is 0.429. The van der Waals surface area contributed by atoms with Crippen molar-refractivity contribution >= 4 is 26.8 Å². The van der Waals surface area contributed by atoms with Crippen LogP contribution in [0.3, 0.4) is 0 Å². The van der Waals surface area contributed by atoms with Gasteiger partial charge >= 0.3 is 0 Å². The number of likely N-dealkylation sites (tertiary alicyclic amines) is 1. The molecule has 0 aliphatic carbocycles. The van der Waals surface area contributed by atoms with Crippen molar-refractivity contribution < 1.29 is 13.2 Å². The van der Waals surface area contributed by atoms with E-state index in [1.807, 2.05) is 6.07 Å². The van der Waals surface area contributed by atoms with Crippen LogP contribution in [0.1, 0.15) is 12.8 Å². The van der Waals surface area contributed by atoms with Crippen molar-refractivity contribution in [1.82, 2.24) is 14.5 Å². The van der Waals surface area contributed by atoms with Crippen molar-refractivity contribution in [2.24, 2.45) is 0 Å². The lowest BCUT2D eigenvalue weighted by Gasteiger charge is -2.16. The van der Waals surface area contributed by atoms with E-state index < -0.39 is 9.84 Å². The van der Waals surface area contributed by atoms with E-state index in [0.717, 1.165) is 32.2 Å². The largest absolute Gasteiger partial charge is 0.341 e. The number of amides is 1. The molecule has 0 spiro atoms. The molecule has 0 saturated carbocycles. The molecule has 1 aliphatic heterocycles. The second kappa shape index (κ2) is 5.14. The van der Waals surface area contributed by atoms with Crippen molar-refractivity contribution in [3.8, 4) is 0 Å². The lowest BCUT2D eigenvalue weighted by Crippen LogP contribution is -2.31. The number of rotatable bonds is 3. The summed E-state index contributed by atoms with van der Waals surface area (Å²) in [6.45, 7) is 1.52. The van der Waals surface area contributed by atoms with Gasteiger partial charge < -0.3 is 9.47 Å². The number of carbonyl (C=O) groups is 1. The molecular weight excluding hydrogens is 290 g/mol. The molecule has 2 aromatic rings. The van der Waals surface area contributed by atoms with E-state index in [-0.39, 0.29) is 17.6 Å². The van der Waals surface area contributed by atoms with Gasteiger partial charge in [0, 0.05) is 19.3 Å². The molecule has 3 rings (SSSR count). The van der Waals surface area contributed by atoms with Crippen molar-refractivity contribution in [2.75, 3.05) is 19.3 Å². The zero-order valence-corrected chi connectivity index (χ0v) is 12.6. The van der Waals surface area contributed by atoms with E-state index in [1.165, 1.54) is 4.57 Å². The van der Waals surface area contributed by atoms with Crippen LogP contribution in [0, 0.1) is 0 Å². The molecule has 112 valence electrons. The van der Waals surface area contributed by atoms with Gasteiger partial charge in [0.2, 0.25) is 20.9 Å². The Labute approximate surface area is 123 Å². The summed E-state index contributed by atoms with van der Waals surface area (Å²) in [7, 11) is -3.48. The Morgan fingerprint density at radius 2 is 1.90 bits per heavy atom. The van der Waals surface area contributed by atoms with Gasteiger partial charge in [-0.2, -0.15) is 0 Å². The number of hydrogen-bond donors (Lipinski definition) is 0. The van der Waals surface area contributed by atoms with E-state index in [4.69, 9.17) is 0 Å². The minimum Gasteiger partial charge on any atom is -0.341 e. The summed E-state index contributed by atoms with van der Waals surface area (Å²) in [4.78, 5) is 18.3. The first kappa shape index (κ1) is 14.1. The molecular formula is C14H17N3O3S. The van der Waals surface area contributed by atoms with Crippen LogP contribution in [0.4, 0.5) is 0 Å². The second-order valence-electron chi connectivity index (χ2n) is 5.33. The molecule has 0 radical (unpaired) electrons. The number of imidazole rings is 1. The smallest absolute Gasteiger partial charge is 0.242 e. The molecule has 1 aliphatic rings. The molecule has 1 aromatic heterocycles. The highest BCUT2D eigenvalue weighted by atomic mass is 32.2. The third-order valence-electron chi connectivity index (χ3n) is 3.70. The van der Waals surface area contributed by atoms with Crippen LogP contribution in [-0.4, -0.2) is 48.1 Å².